The van der Waals surface area contributed by atoms with Crippen LogP contribution in [0.1, 0.15) is 25.7 Å². The van der Waals surface area contributed by atoms with E-state index in [1.54, 1.807) is 12.2 Å². The number of hydrogen-bond donors (Lipinski definition) is 4. The van der Waals surface area contributed by atoms with Crippen LogP contribution in [0.4, 0.5) is 0 Å². The Morgan fingerprint density at radius 2 is 1.90 bits per heavy atom. The molecule has 1 saturated carbocycles. The molecule has 6 nitrogen and oxygen atoms in total. The minimum Gasteiger partial charge on any atom is -0.491 e. The maximum Gasteiger partial charge on any atom is 1.00 e. The third-order valence-electron chi connectivity index (χ3n) is 5.15. The first kappa shape index (κ1) is 27.6. The molecule has 0 spiro atoms. The molecule has 1 aliphatic rings. The average molecular weight is 447 g/mol. The summed E-state index contributed by atoms with van der Waals surface area (Å²) in [5.41, 5.74) is 0. The summed E-state index contributed by atoms with van der Waals surface area (Å²) in [7, 11) is -2.96. The van der Waals surface area contributed by atoms with Crippen LogP contribution in [0.25, 0.3) is 0 Å². The Balaban J connectivity index is 0.00000450. The van der Waals surface area contributed by atoms with E-state index in [-0.39, 0.29) is 48.0 Å². The number of para-hydroxylation sites is 1. The first-order valence-corrected chi connectivity index (χ1v) is 12.4. The van der Waals surface area contributed by atoms with Crippen LogP contribution in [0.3, 0.4) is 0 Å². The molecular formula is C22H33NaO6P+. The number of hydrogen-bond acceptors (Lipinski definition) is 5. The third-order valence-corrected chi connectivity index (χ3v) is 6.30. The standard InChI is InChI=1S/C22H33O6P.Na/c1-29(26,27)14-8-3-2-7-11-19-20(22(25)15-21(19)24)13-12-17(23)16-28-18-9-5-4-6-10-18;/h2,4-7,9-10,12-13,17,19-25H,3,8,11,14-16H2,1H3,(H,26,27);/q;+1/b7-2-,13-12+;/t17-,19-,20-,21+,22-;/m1./s1. The van der Waals surface area contributed by atoms with Crippen molar-refractivity contribution in [2.45, 2.75) is 44.0 Å². The first-order chi connectivity index (χ1) is 13.8. The largest absolute Gasteiger partial charge is 1.00 e. The predicted octanol–water partition coefficient (Wildman–Crippen LogP) is -0.0289. The maximum absolute atomic E-state index is 11.3. The van der Waals surface area contributed by atoms with Gasteiger partial charge in [0.1, 0.15) is 18.5 Å². The van der Waals surface area contributed by atoms with Crippen LogP contribution in [0.5, 0.6) is 5.75 Å². The van der Waals surface area contributed by atoms with Gasteiger partial charge in [-0.15, -0.1) is 0 Å². The predicted molar refractivity (Wildman–Crippen MR) is 114 cm³/mol. The van der Waals surface area contributed by atoms with Crippen LogP contribution in [0.2, 0.25) is 0 Å². The van der Waals surface area contributed by atoms with E-state index >= 15 is 0 Å². The van der Waals surface area contributed by atoms with E-state index in [4.69, 9.17) is 4.74 Å². The van der Waals surface area contributed by atoms with Crippen LogP contribution in [0.15, 0.2) is 54.6 Å². The number of benzene rings is 1. The van der Waals surface area contributed by atoms with E-state index in [2.05, 4.69) is 0 Å². The molecule has 162 valence electrons. The Morgan fingerprint density at radius 1 is 1.20 bits per heavy atom. The second kappa shape index (κ2) is 13.9. The Kier molecular flexibility index (Phi) is 12.8. The van der Waals surface area contributed by atoms with Crippen molar-refractivity contribution >= 4 is 7.37 Å². The Morgan fingerprint density at radius 3 is 2.57 bits per heavy atom. The van der Waals surface area contributed by atoms with Crippen LogP contribution in [0, 0.1) is 11.8 Å². The van der Waals surface area contributed by atoms with E-state index in [1.165, 1.54) is 6.66 Å². The molecular weight excluding hydrogens is 414 g/mol. The van der Waals surface area contributed by atoms with Crippen molar-refractivity contribution in [3.8, 4) is 5.75 Å². The second-order valence-electron chi connectivity index (χ2n) is 7.81. The van der Waals surface area contributed by atoms with Gasteiger partial charge in [0.15, 0.2) is 7.37 Å². The zero-order chi connectivity index (χ0) is 21.3. The SMILES string of the molecule is CP(=O)(O)CCC/C=C\C[C@@H]1[C@@H](/C=C/[C@@H](O)COc2ccccc2)[C@H](O)C[C@@H]1O.[Na+]. The average Bonchev–Trinajstić information content (AvgIpc) is 2.93. The number of allylic oxidation sites excluding steroid dienone is 2. The van der Waals surface area contributed by atoms with E-state index in [9.17, 15) is 24.8 Å². The van der Waals surface area contributed by atoms with E-state index in [1.807, 2.05) is 42.5 Å². The van der Waals surface area contributed by atoms with Gasteiger partial charge in [0.05, 0.1) is 12.2 Å². The fraction of sp³-hybridized carbons (Fsp3) is 0.545. The monoisotopic (exact) mass is 447 g/mol. The smallest absolute Gasteiger partial charge is 0.491 e. The fourth-order valence-corrected chi connectivity index (χ4v) is 4.36. The van der Waals surface area contributed by atoms with Gasteiger partial charge in [0.2, 0.25) is 0 Å². The fourth-order valence-electron chi connectivity index (χ4n) is 3.59. The minimum absolute atomic E-state index is 0. The van der Waals surface area contributed by atoms with Crippen molar-refractivity contribution in [3.05, 3.63) is 54.6 Å². The van der Waals surface area contributed by atoms with E-state index < -0.39 is 25.7 Å². The molecule has 2 rings (SSSR count). The molecule has 0 saturated heterocycles. The second-order valence-corrected chi connectivity index (χ2v) is 10.4. The Hall–Kier alpha value is -0.430. The van der Waals surface area contributed by atoms with Gasteiger partial charge in [-0.25, -0.2) is 0 Å². The molecule has 0 heterocycles. The van der Waals surface area contributed by atoms with E-state index in [0.29, 0.717) is 37.6 Å². The van der Waals surface area contributed by atoms with Gasteiger partial charge in [-0.1, -0.05) is 42.5 Å². The molecule has 1 aromatic rings. The first-order valence-electron chi connectivity index (χ1n) is 10.1. The summed E-state index contributed by atoms with van der Waals surface area (Å²) in [5.74, 6) is 0.309. The summed E-state index contributed by atoms with van der Waals surface area (Å²) in [6.45, 7) is 1.48. The molecule has 1 unspecified atom stereocenters. The number of unbranched alkanes of at least 4 members (excludes halogenated alkanes) is 1. The zero-order valence-corrected chi connectivity index (χ0v) is 20.8. The Bertz CT molecular complexity index is 705. The van der Waals surface area contributed by atoms with Gasteiger partial charge in [-0.3, -0.25) is 4.57 Å². The van der Waals surface area contributed by atoms with Crippen molar-refractivity contribution in [3.63, 3.8) is 0 Å². The van der Waals surface area contributed by atoms with Gasteiger partial charge >= 0.3 is 29.6 Å². The van der Waals surface area contributed by atoms with Crippen molar-refractivity contribution in [1.29, 1.82) is 0 Å². The molecule has 1 aromatic carbocycles. The minimum atomic E-state index is -2.96. The summed E-state index contributed by atoms with van der Waals surface area (Å²) in [6, 6.07) is 9.23. The van der Waals surface area contributed by atoms with Crippen molar-refractivity contribution < 1.29 is 59.1 Å². The van der Waals surface area contributed by atoms with Crippen molar-refractivity contribution in [1.82, 2.24) is 0 Å². The quantitative estimate of drug-likeness (QED) is 0.164. The summed E-state index contributed by atoms with van der Waals surface area (Å²) in [6.07, 6.45) is 7.82. The van der Waals surface area contributed by atoms with Gasteiger partial charge in [-0.2, -0.15) is 0 Å². The molecule has 6 atom stereocenters. The van der Waals surface area contributed by atoms with Gasteiger partial charge < -0.3 is 24.9 Å². The number of aliphatic hydroxyl groups is 3. The number of rotatable bonds is 11. The van der Waals surface area contributed by atoms with Crippen LogP contribution >= 0.6 is 7.37 Å². The molecule has 0 amide bonds. The van der Waals surface area contributed by atoms with Crippen LogP contribution < -0.4 is 34.3 Å². The molecule has 0 aromatic heterocycles. The molecule has 30 heavy (non-hydrogen) atoms. The van der Waals surface area contributed by atoms with Gasteiger partial charge in [-0.05, 0) is 37.3 Å². The number of ether oxygens (including phenoxy) is 1. The van der Waals surface area contributed by atoms with Gasteiger partial charge in [0, 0.05) is 25.2 Å². The third kappa shape index (κ3) is 10.3. The van der Waals surface area contributed by atoms with Gasteiger partial charge in [0.25, 0.3) is 0 Å². The Labute approximate surface area is 201 Å². The molecule has 8 heteroatoms. The van der Waals surface area contributed by atoms with Crippen molar-refractivity contribution in [2.75, 3.05) is 19.4 Å². The molecule has 1 aliphatic carbocycles. The van der Waals surface area contributed by atoms with Crippen molar-refractivity contribution in [2.24, 2.45) is 11.8 Å². The molecule has 0 aliphatic heterocycles. The molecule has 0 radical (unpaired) electrons. The van der Waals surface area contributed by atoms with Crippen LogP contribution in [-0.4, -0.2) is 58.0 Å². The summed E-state index contributed by atoms with van der Waals surface area (Å²) in [5, 5.41) is 30.7. The number of aliphatic hydroxyl groups excluding tert-OH is 3. The van der Waals surface area contributed by atoms with Crippen LogP contribution in [-0.2, 0) is 4.57 Å². The molecule has 1 fully saturated rings. The molecule has 0 bridgehead atoms. The normalized spacial score (nSPS) is 27.1. The summed E-state index contributed by atoms with van der Waals surface area (Å²) < 4.78 is 16.8. The molecule has 4 N–H and O–H groups in total. The van der Waals surface area contributed by atoms with E-state index in [0.717, 1.165) is 0 Å². The summed E-state index contributed by atoms with van der Waals surface area (Å²) >= 11 is 0. The topological polar surface area (TPSA) is 107 Å². The summed E-state index contributed by atoms with van der Waals surface area (Å²) in [4.78, 5) is 9.29. The maximum atomic E-state index is 11.3. The zero-order valence-electron chi connectivity index (χ0n) is 17.9.